The van der Waals surface area contributed by atoms with Crippen molar-refractivity contribution in [3.05, 3.63) is 29.6 Å². The van der Waals surface area contributed by atoms with E-state index < -0.39 is 25.5 Å². The zero-order chi connectivity index (χ0) is 15.2. The molecule has 0 spiro atoms. The number of rotatable bonds is 7. The van der Waals surface area contributed by atoms with Crippen molar-refractivity contribution in [2.24, 2.45) is 0 Å². The van der Waals surface area contributed by atoms with Crippen molar-refractivity contribution in [3.8, 4) is 5.75 Å². The Bertz CT molecular complexity index is 507. The molecule has 0 amide bonds. The maximum absolute atomic E-state index is 13.7. The molecule has 20 heavy (non-hydrogen) atoms. The van der Waals surface area contributed by atoms with Gasteiger partial charge in [0.15, 0.2) is 11.6 Å². The Morgan fingerprint density at radius 1 is 1.25 bits per heavy atom. The average molecular weight is 304 g/mol. The van der Waals surface area contributed by atoms with Gasteiger partial charge in [0.05, 0.1) is 13.2 Å². The lowest BCUT2D eigenvalue weighted by atomic mass is 10.2. The fourth-order valence-electron chi connectivity index (χ4n) is 1.53. The number of carbonyl (C=O) groups is 1. The van der Waals surface area contributed by atoms with Gasteiger partial charge in [-0.3, -0.25) is 9.36 Å². The molecule has 0 atom stereocenters. The van der Waals surface area contributed by atoms with Crippen LogP contribution in [0.1, 0.15) is 19.4 Å². The molecule has 0 saturated carbocycles. The number of esters is 1. The van der Waals surface area contributed by atoms with Crippen LogP contribution in [-0.2, 0) is 18.4 Å². The first kappa shape index (κ1) is 16.8. The van der Waals surface area contributed by atoms with E-state index in [1.54, 1.807) is 32.9 Å². The predicted octanol–water partition coefficient (Wildman–Crippen LogP) is 3.31. The van der Waals surface area contributed by atoms with Gasteiger partial charge in [0.2, 0.25) is 0 Å². The molecule has 1 aromatic carbocycles. The van der Waals surface area contributed by atoms with E-state index in [0.717, 1.165) is 0 Å². The van der Waals surface area contributed by atoms with Crippen molar-refractivity contribution < 1.29 is 27.5 Å². The Balaban J connectivity index is 2.76. The summed E-state index contributed by atoms with van der Waals surface area (Å²) in [5.74, 6) is -1.68. The second-order valence-corrected chi connectivity index (χ2v) is 6.02. The van der Waals surface area contributed by atoms with E-state index in [-0.39, 0.29) is 19.0 Å². The lowest BCUT2D eigenvalue weighted by Gasteiger charge is -2.16. The van der Waals surface area contributed by atoms with Crippen LogP contribution in [0, 0.1) is 12.7 Å². The zero-order valence-corrected chi connectivity index (χ0v) is 12.6. The number of hydrogen-bond acceptors (Lipinski definition) is 5. The topological polar surface area (TPSA) is 61.8 Å². The fourth-order valence-corrected chi connectivity index (χ4v) is 2.96. The maximum atomic E-state index is 13.7. The molecule has 1 rings (SSSR count). The van der Waals surface area contributed by atoms with Gasteiger partial charge in [-0.15, -0.1) is 0 Å². The van der Waals surface area contributed by atoms with E-state index in [1.807, 2.05) is 0 Å². The van der Waals surface area contributed by atoms with Crippen molar-refractivity contribution in [2.75, 3.05) is 19.4 Å². The van der Waals surface area contributed by atoms with E-state index in [9.17, 15) is 13.8 Å². The highest BCUT2D eigenvalue weighted by molar-refractivity contribution is 7.54. The van der Waals surface area contributed by atoms with Gasteiger partial charge in [-0.2, -0.15) is 0 Å². The molecule has 0 fully saturated rings. The summed E-state index contributed by atoms with van der Waals surface area (Å²) in [6, 6.07) is 4.44. The molecular formula is C13H18FO5P. The number of aryl methyl sites for hydroxylation is 1. The average Bonchev–Trinajstić information content (AvgIpc) is 2.35. The van der Waals surface area contributed by atoms with Crippen LogP contribution in [0.15, 0.2) is 18.2 Å². The molecule has 1 aromatic rings. The normalized spacial score (nSPS) is 11.4. The second kappa shape index (κ2) is 7.53. The number of hydrogen-bond donors (Lipinski definition) is 0. The Morgan fingerprint density at radius 2 is 1.85 bits per heavy atom. The van der Waals surface area contributed by atoms with Crippen LogP contribution in [0.3, 0.4) is 0 Å². The summed E-state index contributed by atoms with van der Waals surface area (Å²) in [6.07, 6.45) is -0.554. The van der Waals surface area contributed by atoms with Crippen LogP contribution >= 0.6 is 7.60 Å². The maximum Gasteiger partial charge on any atom is 0.341 e. The SMILES string of the molecule is CCOP(=O)(CC(=O)Oc1cccc(C)c1F)OCC. The minimum Gasteiger partial charge on any atom is -0.423 e. The lowest BCUT2D eigenvalue weighted by molar-refractivity contribution is -0.132. The predicted molar refractivity (Wildman–Crippen MR) is 72.5 cm³/mol. The van der Waals surface area contributed by atoms with Gasteiger partial charge in [0.1, 0.15) is 6.16 Å². The molecule has 0 bridgehead atoms. The highest BCUT2D eigenvalue weighted by Gasteiger charge is 2.29. The summed E-state index contributed by atoms with van der Waals surface area (Å²) in [4.78, 5) is 11.7. The molecule has 0 N–H and O–H groups in total. The van der Waals surface area contributed by atoms with E-state index in [0.29, 0.717) is 5.56 Å². The molecule has 0 heterocycles. The summed E-state index contributed by atoms with van der Waals surface area (Å²) in [7, 11) is -3.54. The van der Waals surface area contributed by atoms with Crippen LogP contribution < -0.4 is 4.74 Å². The molecule has 0 aromatic heterocycles. The summed E-state index contributed by atoms with van der Waals surface area (Å²) in [6.45, 7) is 5.11. The number of carbonyl (C=O) groups excluding carboxylic acids is 1. The lowest BCUT2D eigenvalue weighted by Crippen LogP contribution is -2.16. The Labute approximate surface area is 117 Å². The molecule has 0 saturated heterocycles. The van der Waals surface area contributed by atoms with Gasteiger partial charge in [0, 0.05) is 0 Å². The van der Waals surface area contributed by atoms with E-state index in [4.69, 9.17) is 13.8 Å². The summed E-state index contributed by atoms with van der Waals surface area (Å²) < 4.78 is 40.6. The van der Waals surface area contributed by atoms with Gasteiger partial charge in [-0.05, 0) is 32.4 Å². The Kier molecular flexibility index (Phi) is 6.33. The zero-order valence-electron chi connectivity index (χ0n) is 11.7. The summed E-state index contributed by atoms with van der Waals surface area (Å²) in [5, 5.41) is 0. The molecule has 0 radical (unpaired) electrons. The van der Waals surface area contributed by atoms with Crippen molar-refractivity contribution in [3.63, 3.8) is 0 Å². The molecular weight excluding hydrogens is 286 g/mol. The Hall–Kier alpha value is -1.23. The standard InChI is InChI=1S/C13H18FO5P/c1-4-17-20(16,18-5-2)9-12(15)19-11-8-6-7-10(3)13(11)14/h6-8H,4-5,9H2,1-3H3. The fraction of sp³-hybridized carbons (Fsp3) is 0.462. The number of benzene rings is 1. The molecule has 0 unspecified atom stereocenters. The van der Waals surface area contributed by atoms with Gasteiger partial charge >= 0.3 is 13.6 Å². The van der Waals surface area contributed by atoms with Gasteiger partial charge < -0.3 is 13.8 Å². The smallest absolute Gasteiger partial charge is 0.341 e. The highest BCUT2D eigenvalue weighted by atomic mass is 31.2. The van der Waals surface area contributed by atoms with Gasteiger partial charge in [-0.25, -0.2) is 4.39 Å². The molecule has 0 aliphatic heterocycles. The second-order valence-electron chi connectivity index (χ2n) is 3.97. The number of halogens is 1. The first-order valence-electron chi connectivity index (χ1n) is 6.25. The molecule has 0 aliphatic carbocycles. The first-order valence-corrected chi connectivity index (χ1v) is 7.98. The van der Waals surface area contributed by atoms with Crippen LogP contribution in [0.25, 0.3) is 0 Å². The summed E-state index contributed by atoms with van der Waals surface area (Å²) >= 11 is 0. The van der Waals surface area contributed by atoms with Crippen LogP contribution in [0.4, 0.5) is 4.39 Å². The van der Waals surface area contributed by atoms with Crippen molar-refractivity contribution in [2.45, 2.75) is 20.8 Å². The van der Waals surface area contributed by atoms with Gasteiger partial charge in [0.25, 0.3) is 0 Å². The highest BCUT2D eigenvalue weighted by Crippen LogP contribution is 2.47. The van der Waals surface area contributed by atoms with Crippen LogP contribution in [0.2, 0.25) is 0 Å². The Morgan fingerprint density at radius 3 is 2.40 bits per heavy atom. The third-order valence-corrected chi connectivity index (χ3v) is 4.30. The largest absolute Gasteiger partial charge is 0.423 e. The summed E-state index contributed by atoms with van der Waals surface area (Å²) in [5.41, 5.74) is 0.355. The van der Waals surface area contributed by atoms with E-state index in [1.165, 1.54) is 6.07 Å². The number of ether oxygens (including phenoxy) is 1. The molecule has 112 valence electrons. The monoisotopic (exact) mass is 304 g/mol. The van der Waals surface area contributed by atoms with E-state index >= 15 is 0 Å². The van der Waals surface area contributed by atoms with Crippen molar-refractivity contribution in [1.29, 1.82) is 0 Å². The van der Waals surface area contributed by atoms with Crippen LogP contribution in [-0.4, -0.2) is 25.3 Å². The van der Waals surface area contributed by atoms with Crippen molar-refractivity contribution >= 4 is 13.6 Å². The third-order valence-electron chi connectivity index (χ3n) is 2.35. The molecule has 7 heteroatoms. The molecule has 0 aliphatic rings. The first-order chi connectivity index (χ1) is 9.41. The van der Waals surface area contributed by atoms with Crippen LogP contribution in [0.5, 0.6) is 5.75 Å². The third kappa shape index (κ3) is 4.71. The molecule has 5 nitrogen and oxygen atoms in total. The van der Waals surface area contributed by atoms with Gasteiger partial charge in [-0.1, -0.05) is 12.1 Å². The quantitative estimate of drug-likeness (QED) is 0.439. The van der Waals surface area contributed by atoms with E-state index in [2.05, 4.69) is 0 Å². The minimum absolute atomic E-state index is 0.142. The van der Waals surface area contributed by atoms with Crippen molar-refractivity contribution in [1.82, 2.24) is 0 Å². The minimum atomic E-state index is -3.54.